The predicted octanol–water partition coefficient (Wildman–Crippen LogP) is 2.21. The number of nitrogens with zero attached hydrogens (tertiary/aromatic N) is 1. The highest BCUT2D eigenvalue weighted by Crippen LogP contribution is 2.14. The molecule has 4 nitrogen and oxygen atoms in total. The van der Waals surface area contributed by atoms with Crippen LogP contribution in [-0.4, -0.2) is 47.2 Å². The van der Waals surface area contributed by atoms with Crippen LogP contribution in [0.3, 0.4) is 0 Å². The van der Waals surface area contributed by atoms with Crippen molar-refractivity contribution in [2.45, 2.75) is 18.9 Å². The number of ketones is 1. The van der Waals surface area contributed by atoms with E-state index in [0.717, 1.165) is 19.4 Å². The maximum absolute atomic E-state index is 12.0. The van der Waals surface area contributed by atoms with E-state index in [1.807, 2.05) is 0 Å². The van der Waals surface area contributed by atoms with Gasteiger partial charge in [0.05, 0.1) is 11.5 Å². The number of rotatable bonds is 5. The Kier molecular flexibility index (Phi) is 6.08. The normalized spacial score (nSPS) is 18.6. The van der Waals surface area contributed by atoms with Gasteiger partial charge in [-0.2, -0.15) is 0 Å². The summed E-state index contributed by atoms with van der Waals surface area (Å²) < 4.78 is 0. The third kappa shape index (κ3) is 5.02. The number of Topliss-reactive ketones (excluding diaryl/α,β-unsaturated/α-hetero) is 1. The number of amides is 1. The molecule has 21 heavy (non-hydrogen) atoms. The van der Waals surface area contributed by atoms with Gasteiger partial charge in [-0.05, 0) is 37.1 Å². The first kappa shape index (κ1) is 16.3. The van der Waals surface area contributed by atoms with Gasteiger partial charge in [0, 0.05) is 29.7 Å². The lowest BCUT2D eigenvalue weighted by Gasteiger charge is -2.30. The molecule has 1 aliphatic rings. The van der Waals surface area contributed by atoms with Crippen molar-refractivity contribution >= 4 is 35.1 Å². The van der Waals surface area contributed by atoms with Crippen molar-refractivity contribution in [3.8, 4) is 0 Å². The fourth-order valence-corrected chi connectivity index (χ4v) is 3.22. The van der Waals surface area contributed by atoms with Gasteiger partial charge in [0.15, 0.2) is 5.78 Å². The summed E-state index contributed by atoms with van der Waals surface area (Å²) in [4.78, 5) is 25.8. The van der Waals surface area contributed by atoms with E-state index in [0.29, 0.717) is 28.6 Å². The Morgan fingerprint density at radius 3 is 2.67 bits per heavy atom. The van der Waals surface area contributed by atoms with Crippen molar-refractivity contribution in [3.05, 3.63) is 34.9 Å². The molecule has 1 aromatic rings. The lowest BCUT2D eigenvalue weighted by molar-refractivity contribution is -0.129. The van der Waals surface area contributed by atoms with Gasteiger partial charge in [-0.25, -0.2) is 0 Å². The Hall–Kier alpha value is -1.04. The average molecular weight is 327 g/mol. The molecule has 1 atom stereocenters. The number of piperidine rings is 1. The maximum Gasteiger partial charge on any atom is 0.232 e. The lowest BCUT2D eigenvalue weighted by Crippen LogP contribution is -2.46. The largest absolute Gasteiger partial charge is 0.340 e. The third-order valence-electron chi connectivity index (χ3n) is 3.44. The van der Waals surface area contributed by atoms with Gasteiger partial charge < -0.3 is 10.6 Å². The van der Waals surface area contributed by atoms with Gasteiger partial charge in [0.1, 0.15) is 0 Å². The topological polar surface area (TPSA) is 63.4 Å². The molecule has 2 rings (SSSR count). The highest BCUT2D eigenvalue weighted by Gasteiger charge is 2.21. The van der Waals surface area contributed by atoms with Crippen LogP contribution < -0.4 is 5.73 Å². The fraction of sp³-hybridized carbons (Fsp3) is 0.467. The zero-order chi connectivity index (χ0) is 15.2. The molecule has 1 aliphatic heterocycles. The molecule has 1 saturated heterocycles. The Bertz CT molecular complexity index is 507. The predicted molar refractivity (Wildman–Crippen MR) is 86.9 cm³/mol. The van der Waals surface area contributed by atoms with Crippen LogP contribution in [0.4, 0.5) is 0 Å². The van der Waals surface area contributed by atoms with Crippen molar-refractivity contribution in [2.75, 3.05) is 24.6 Å². The van der Waals surface area contributed by atoms with Gasteiger partial charge in [-0.15, -0.1) is 11.8 Å². The summed E-state index contributed by atoms with van der Waals surface area (Å²) in [7, 11) is 0. The summed E-state index contributed by atoms with van der Waals surface area (Å²) in [6.07, 6.45) is 1.94. The molecule has 1 heterocycles. The van der Waals surface area contributed by atoms with E-state index in [4.69, 9.17) is 17.3 Å². The molecule has 1 unspecified atom stereocenters. The van der Waals surface area contributed by atoms with Crippen LogP contribution in [-0.2, 0) is 4.79 Å². The number of likely N-dealkylation sites (tertiary alicyclic amines) is 1. The molecule has 6 heteroatoms. The van der Waals surface area contributed by atoms with Crippen molar-refractivity contribution in [1.29, 1.82) is 0 Å². The number of carbonyl (C=O) groups is 2. The summed E-state index contributed by atoms with van der Waals surface area (Å²) in [6, 6.07) is 6.88. The van der Waals surface area contributed by atoms with Crippen molar-refractivity contribution < 1.29 is 9.59 Å². The quantitative estimate of drug-likeness (QED) is 0.843. The molecule has 2 N–H and O–H groups in total. The second-order valence-electron chi connectivity index (χ2n) is 5.16. The minimum absolute atomic E-state index is 0.0137. The van der Waals surface area contributed by atoms with Gasteiger partial charge in [0.2, 0.25) is 5.91 Å². The van der Waals surface area contributed by atoms with Crippen LogP contribution >= 0.6 is 23.4 Å². The minimum Gasteiger partial charge on any atom is -0.340 e. The van der Waals surface area contributed by atoms with Crippen LogP contribution in [0.25, 0.3) is 0 Å². The standard InChI is InChI=1S/C15H19ClN2O2S/c16-12-5-3-11(4-6-12)14(19)9-21-10-15(20)18-7-1-2-13(17)8-18/h3-6,13H,1-2,7-10,17H2. The van der Waals surface area contributed by atoms with Gasteiger partial charge >= 0.3 is 0 Å². The zero-order valence-corrected chi connectivity index (χ0v) is 13.3. The molecule has 1 fully saturated rings. The smallest absolute Gasteiger partial charge is 0.232 e. The van der Waals surface area contributed by atoms with Crippen molar-refractivity contribution in [3.63, 3.8) is 0 Å². The Balaban J connectivity index is 1.74. The number of halogens is 1. The third-order valence-corrected chi connectivity index (χ3v) is 4.60. The van der Waals surface area contributed by atoms with E-state index in [1.165, 1.54) is 11.8 Å². The van der Waals surface area contributed by atoms with Gasteiger partial charge in [0.25, 0.3) is 0 Å². The monoisotopic (exact) mass is 326 g/mol. The number of hydrogen-bond donors (Lipinski definition) is 1. The first-order valence-electron chi connectivity index (χ1n) is 6.96. The minimum atomic E-state index is 0.0137. The Labute approximate surface area is 134 Å². The van der Waals surface area contributed by atoms with Crippen LogP contribution in [0, 0.1) is 0 Å². The number of benzene rings is 1. The highest BCUT2D eigenvalue weighted by atomic mass is 35.5. The summed E-state index contributed by atoms with van der Waals surface area (Å²) >= 11 is 7.13. The van der Waals surface area contributed by atoms with E-state index >= 15 is 0 Å². The summed E-state index contributed by atoms with van der Waals surface area (Å²) in [5.41, 5.74) is 6.49. The maximum atomic E-state index is 12.0. The molecule has 0 bridgehead atoms. The first-order valence-corrected chi connectivity index (χ1v) is 8.49. The van der Waals surface area contributed by atoms with E-state index in [9.17, 15) is 9.59 Å². The van der Waals surface area contributed by atoms with Gasteiger partial charge in [-0.3, -0.25) is 9.59 Å². The van der Waals surface area contributed by atoms with Crippen LogP contribution in [0.1, 0.15) is 23.2 Å². The number of nitrogens with two attached hydrogens (primary N) is 1. The summed E-state index contributed by atoms with van der Waals surface area (Å²) in [5, 5.41) is 0.607. The number of thioether (sulfide) groups is 1. The second kappa shape index (κ2) is 7.82. The summed E-state index contributed by atoms with van der Waals surface area (Å²) in [5.74, 6) is 0.707. The van der Waals surface area contributed by atoms with Crippen LogP contribution in [0.15, 0.2) is 24.3 Å². The lowest BCUT2D eigenvalue weighted by atomic mass is 10.1. The number of carbonyl (C=O) groups excluding carboxylic acids is 2. The van der Waals surface area contributed by atoms with Crippen LogP contribution in [0.5, 0.6) is 0 Å². The van der Waals surface area contributed by atoms with Crippen molar-refractivity contribution in [1.82, 2.24) is 4.90 Å². The highest BCUT2D eigenvalue weighted by molar-refractivity contribution is 8.00. The van der Waals surface area contributed by atoms with Crippen LogP contribution in [0.2, 0.25) is 5.02 Å². The molecule has 0 aromatic heterocycles. The molecule has 0 aliphatic carbocycles. The molecule has 0 saturated carbocycles. The summed E-state index contributed by atoms with van der Waals surface area (Å²) in [6.45, 7) is 1.41. The fourth-order valence-electron chi connectivity index (χ4n) is 2.28. The molecule has 114 valence electrons. The van der Waals surface area contributed by atoms with Gasteiger partial charge in [-0.1, -0.05) is 11.6 Å². The average Bonchev–Trinajstić information content (AvgIpc) is 2.47. The van der Waals surface area contributed by atoms with E-state index in [1.54, 1.807) is 29.2 Å². The molecule has 0 radical (unpaired) electrons. The molecular formula is C15H19ClN2O2S. The molecule has 1 amide bonds. The van der Waals surface area contributed by atoms with E-state index in [2.05, 4.69) is 0 Å². The van der Waals surface area contributed by atoms with E-state index < -0.39 is 0 Å². The zero-order valence-electron chi connectivity index (χ0n) is 11.8. The first-order chi connectivity index (χ1) is 10.1. The molecule has 0 spiro atoms. The molecule has 1 aromatic carbocycles. The van der Waals surface area contributed by atoms with E-state index in [-0.39, 0.29) is 17.7 Å². The Morgan fingerprint density at radius 1 is 1.29 bits per heavy atom. The number of hydrogen-bond acceptors (Lipinski definition) is 4. The SMILES string of the molecule is NC1CCCN(C(=O)CSCC(=O)c2ccc(Cl)cc2)C1. The molecular weight excluding hydrogens is 308 g/mol. The van der Waals surface area contributed by atoms with Crippen molar-refractivity contribution in [2.24, 2.45) is 5.73 Å². The Morgan fingerprint density at radius 2 is 2.00 bits per heavy atom. The second-order valence-corrected chi connectivity index (χ2v) is 6.59.